The van der Waals surface area contributed by atoms with Crippen LogP contribution < -0.4 is 5.32 Å². The van der Waals surface area contributed by atoms with E-state index in [9.17, 15) is 9.18 Å². The van der Waals surface area contributed by atoms with Gasteiger partial charge in [0.05, 0.1) is 24.4 Å². The Labute approximate surface area is 160 Å². The topological polar surface area (TPSA) is 87.6 Å². The summed E-state index contributed by atoms with van der Waals surface area (Å²) in [6.45, 7) is 4.73. The number of hydrogen-bond donors (Lipinski definition) is 2. The van der Waals surface area contributed by atoms with Crippen molar-refractivity contribution < 1.29 is 19.0 Å². The van der Waals surface area contributed by atoms with Gasteiger partial charge in [-0.05, 0) is 32.1 Å². The van der Waals surface area contributed by atoms with E-state index < -0.39 is 5.82 Å². The smallest absolute Gasteiger partial charge is 0.225 e. The van der Waals surface area contributed by atoms with E-state index in [1.54, 1.807) is 11.9 Å². The fraction of sp³-hybridized carbons (Fsp3) is 0.737. The first-order chi connectivity index (χ1) is 13.0. The lowest BCUT2D eigenvalue weighted by molar-refractivity contribution is -0.137. The van der Waals surface area contributed by atoms with Crippen LogP contribution >= 0.6 is 0 Å². The Hall–Kier alpha value is -1.80. The van der Waals surface area contributed by atoms with Crippen LogP contribution in [0.1, 0.15) is 45.2 Å². The summed E-state index contributed by atoms with van der Waals surface area (Å²) in [5.74, 6) is -0.355. The van der Waals surface area contributed by atoms with Gasteiger partial charge in [-0.1, -0.05) is 13.8 Å². The van der Waals surface area contributed by atoms with Gasteiger partial charge in [0.1, 0.15) is 6.33 Å². The second-order valence-corrected chi connectivity index (χ2v) is 6.99. The first-order valence-electron chi connectivity index (χ1n) is 9.75. The van der Waals surface area contributed by atoms with Crippen molar-refractivity contribution in [3.63, 3.8) is 0 Å². The predicted octanol–water partition coefficient (Wildman–Crippen LogP) is 2.00. The fourth-order valence-corrected chi connectivity index (χ4v) is 3.47. The summed E-state index contributed by atoms with van der Waals surface area (Å²) in [5.41, 5.74) is 0.382. The number of ether oxygens (including phenoxy) is 1. The maximum atomic E-state index is 14.5. The average molecular weight is 382 g/mol. The van der Waals surface area contributed by atoms with Gasteiger partial charge < -0.3 is 20.1 Å². The lowest BCUT2D eigenvalue weighted by Gasteiger charge is -2.37. The number of nitrogens with zero attached hydrogens (tertiary/aromatic N) is 3. The zero-order valence-electron chi connectivity index (χ0n) is 16.4. The van der Waals surface area contributed by atoms with Gasteiger partial charge in [0, 0.05) is 26.1 Å². The van der Waals surface area contributed by atoms with Crippen molar-refractivity contribution >= 4 is 11.7 Å². The van der Waals surface area contributed by atoms with Crippen LogP contribution in [0.4, 0.5) is 10.2 Å². The Morgan fingerprint density at radius 3 is 2.85 bits per heavy atom. The van der Waals surface area contributed by atoms with Crippen molar-refractivity contribution in [1.82, 2.24) is 14.9 Å². The zero-order chi connectivity index (χ0) is 19.8. The number of aryl methyl sites for hydroxylation is 1. The summed E-state index contributed by atoms with van der Waals surface area (Å²) in [6.07, 6.45) is 4.47. The maximum absolute atomic E-state index is 14.5. The quantitative estimate of drug-likeness (QED) is 0.679. The molecule has 0 bridgehead atoms. The van der Waals surface area contributed by atoms with Crippen molar-refractivity contribution in [2.75, 3.05) is 32.1 Å². The Balaban J connectivity index is 2.09. The van der Waals surface area contributed by atoms with E-state index in [0.717, 1.165) is 6.42 Å². The minimum atomic E-state index is -0.421. The number of halogens is 1. The van der Waals surface area contributed by atoms with Gasteiger partial charge in [-0.15, -0.1) is 0 Å². The highest BCUT2D eigenvalue weighted by Crippen LogP contribution is 2.30. The van der Waals surface area contributed by atoms with Crippen LogP contribution in [0, 0.1) is 11.7 Å². The Kier molecular flexibility index (Phi) is 8.37. The third kappa shape index (κ3) is 5.59. The molecule has 0 aromatic carbocycles. The predicted molar refractivity (Wildman–Crippen MR) is 101 cm³/mol. The number of aliphatic hydroxyl groups excluding tert-OH is 1. The number of anilines is 1. The molecule has 1 amide bonds. The minimum absolute atomic E-state index is 0.0223. The number of nitrogens with one attached hydrogen (secondary N) is 1. The molecule has 0 radical (unpaired) electrons. The largest absolute Gasteiger partial charge is 0.395 e. The van der Waals surface area contributed by atoms with Crippen molar-refractivity contribution in [2.45, 2.75) is 58.1 Å². The summed E-state index contributed by atoms with van der Waals surface area (Å²) in [7, 11) is 1.70. The van der Waals surface area contributed by atoms with Crippen LogP contribution in [-0.2, 0) is 16.0 Å². The highest BCUT2D eigenvalue weighted by atomic mass is 19.1. The van der Waals surface area contributed by atoms with Crippen molar-refractivity contribution in [3.8, 4) is 0 Å². The van der Waals surface area contributed by atoms with E-state index in [1.807, 2.05) is 13.8 Å². The molecule has 1 aliphatic rings. The van der Waals surface area contributed by atoms with E-state index in [0.29, 0.717) is 44.5 Å². The summed E-state index contributed by atoms with van der Waals surface area (Å²) in [5, 5.41) is 12.2. The Bertz CT molecular complexity index is 617. The lowest BCUT2D eigenvalue weighted by atomic mass is 9.82. The van der Waals surface area contributed by atoms with Crippen LogP contribution in [-0.4, -0.2) is 64.8 Å². The molecule has 1 fully saturated rings. The van der Waals surface area contributed by atoms with E-state index >= 15 is 0 Å². The summed E-state index contributed by atoms with van der Waals surface area (Å²) < 4.78 is 20.5. The van der Waals surface area contributed by atoms with Crippen LogP contribution in [0.2, 0.25) is 0 Å². The first kappa shape index (κ1) is 21.5. The summed E-state index contributed by atoms with van der Waals surface area (Å²) >= 11 is 0. The molecule has 152 valence electrons. The molecular weight excluding hydrogens is 351 g/mol. The van der Waals surface area contributed by atoms with Gasteiger partial charge >= 0.3 is 0 Å². The second kappa shape index (κ2) is 10.5. The van der Waals surface area contributed by atoms with Crippen LogP contribution in [0.15, 0.2) is 6.33 Å². The molecule has 2 N–H and O–H groups in total. The van der Waals surface area contributed by atoms with E-state index in [-0.39, 0.29) is 36.4 Å². The number of rotatable bonds is 9. The number of amides is 1. The fourth-order valence-electron chi connectivity index (χ4n) is 3.47. The molecule has 0 aliphatic heterocycles. The van der Waals surface area contributed by atoms with Crippen molar-refractivity contribution in [1.29, 1.82) is 0 Å². The molecule has 27 heavy (non-hydrogen) atoms. The normalized spacial score (nSPS) is 22.5. The highest BCUT2D eigenvalue weighted by molar-refractivity contribution is 5.78. The standard InChI is InChI=1S/C19H31FN4O3/c1-4-10-27-16-11-13(19(26)24(3)8-9-25)6-7-15(16)23-18-17(20)14(5-2)21-12-22-18/h12-13,15-16,25H,4-11H2,1-3H3,(H,21,22,23)/t13-,15-,16-/m0/s1. The molecule has 3 atom stereocenters. The molecule has 1 saturated carbocycles. The van der Waals surface area contributed by atoms with Gasteiger partial charge in [0.25, 0.3) is 0 Å². The number of carbonyl (C=O) groups excluding carboxylic acids is 1. The average Bonchev–Trinajstić information content (AvgIpc) is 2.68. The van der Waals surface area contributed by atoms with Gasteiger partial charge in [-0.3, -0.25) is 4.79 Å². The van der Waals surface area contributed by atoms with Crippen molar-refractivity contribution in [2.24, 2.45) is 5.92 Å². The number of aliphatic hydroxyl groups is 1. The van der Waals surface area contributed by atoms with Crippen LogP contribution in [0.5, 0.6) is 0 Å². The minimum Gasteiger partial charge on any atom is -0.395 e. The number of aromatic nitrogens is 2. The molecule has 2 rings (SSSR count). The lowest BCUT2D eigenvalue weighted by Crippen LogP contribution is -2.46. The highest BCUT2D eigenvalue weighted by Gasteiger charge is 2.36. The molecule has 1 aliphatic carbocycles. The van der Waals surface area contributed by atoms with Gasteiger partial charge in [0.2, 0.25) is 5.91 Å². The molecule has 8 heteroatoms. The molecule has 1 aromatic heterocycles. The van der Waals surface area contributed by atoms with E-state index in [4.69, 9.17) is 9.84 Å². The van der Waals surface area contributed by atoms with Crippen LogP contribution in [0.25, 0.3) is 0 Å². The Morgan fingerprint density at radius 1 is 1.41 bits per heavy atom. The molecule has 0 unspecified atom stereocenters. The summed E-state index contributed by atoms with van der Waals surface area (Å²) in [4.78, 5) is 22.1. The van der Waals surface area contributed by atoms with E-state index in [2.05, 4.69) is 15.3 Å². The molecule has 1 aromatic rings. The molecule has 0 spiro atoms. The van der Waals surface area contributed by atoms with Gasteiger partial charge in [0.15, 0.2) is 11.6 Å². The second-order valence-electron chi connectivity index (χ2n) is 6.99. The maximum Gasteiger partial charge on any atom is 0.225 e. The molecule has 1 heterocycles. The van der Waals surface area contributed by atoms with Crippen LogP contribution in [0.3, 0.4) is 0 Å². The molecule has 7 nitrogen and oxygen atoms in total. The number of hydrogen-bond acceptors (Lipinski definition) is 6. The first-order valence-corrected chi connectivity index (χ1v) is 9.75. The Morgan fingerprint density at radius 2 is 2.19 bits per heavy atom. The SMILES string of the molecule is CCCO[C@H]1C[C@@H](C(=O)N(C)CCO)CC[C@@H]1Nc1ncnc(CC)c1F. The van der Waals surface area contributed by atoms with E-state index in [1.165, 1.54) is 6.33 Å². The third-order valence-electron chi connectivity index (χ3n) is 5.01. The third-order valence-corrected chi connectivity index (χ3v) is 5.01. The van der Waals surface area contributed by atoms with Gasteiger partial charge in [-0.25, -0.2) is 14.4 Å². The van der Waals surface area contributed by atoms with Gasteiger partial charge in [-0.2, -0.15) is 0 Å². The summed E-state index contributed by atoms with van der Waals surface area (Å²) in [6, 6.07) is -0.113. The number of carbonyl (C=O) groups is 1. The number of likely N-dealkylation sites (N-methyl/N-ethyl adjacent to an activating group) is 1. The monoisotopic (exact) mass is 382 g/mol. The molecule has 0 saturated heterocycles. The molecular formula is C19H31FN4O3. The zero-order valence-corrected chi connectivity index (χ0v) is 16.4. The van der Waals surface area contributed by atoms with Crippen molar-refractivity contribution in [3.05, 3.63) is 17.8 Å².